The average Bonchev–Trinajstić information content (AvgIpc) is 3.10. The molecule has 2 N–H and O–H groups in total. The molecular formula is C15H11N3O4S. The van der Waals surface area contributed by atoms with Crippen LogP contribution in [0.1, 0.15) is 5.56 Å². The van der Waals surface area contributed by atoms with Crippen LogP contribution in [0.2, 0.25) is 0 Å². The Labute approximate surface area is 131 Å². The number of rotatable bonds is 3. The number of hydrogen-bond donors (Lipinski definition) is 2. The maximum absolute atomic E-state index is 12.5. The summed E-state index contributed by atoms with van der Waals surface area (Å²) in [6.45, 7) is 0. The van der Waals surface area contributed by atoms with Crippen molar-refractivity contribution in [3.8, 4) is 0 Å². The first-order chi connectivity index (χ1) is 11.0. The molecule has 0 bridgehead atoms. The number of sulfonamides is 1. The van der Waals surface area contributed by atoms with Gasteiger partial charge >= 0.3 is 0 Å². The molecular weight excluding hydrogens is 318 g/mol. The van der Waals surface area contributed by atoms with Crippen LogP contribution in [0, 0.1) is 0 Å². The van der Waals surface area contributed by atoms with Gasteiger partial charge in [-0.25, -0.2) is 13.4 Å². The molecule has 116 valence electrons. The molecule has 0 atom stereocenters. The van der Waals surface area contributed by atoms with E-state index in [2.05, 4.69) is 15.0 Å². The molecule has 4 rings (SSSR count). The lowest BCUT2D eigenvalue weighted by atomic mass is 10.2. The number of hydrogen-bond acceptors (Lipinski definition) is 5. The summed E-state index contributed by atoms with van der Waals surface area (Å²) >= 11 is 0. The number of aromatic nitrogens is 1. The van der Waals surface area contributed by atoms with E-state index >= 15 is 0 Å². The Hall–Kier alpha value is -2.87. The van der Waals surface area contributed by atoms with Crippen LogP contribution in [0.3, 0.4) is 0 Å². The number of amides is 1. The number of carbonyl (C=O) groups excluding carboxylic acids is 1. The molecule has 8 heteroatoms. The Morgan fingerprint density at radius 2 is 2.04 bits per heavy atom. The lowest BCUT2D eigenvalue weighted by molar-refractivity contribution is -0.115. The Morgan fingerprint density at radius 3 is 2.91 bits per heavy atom. The highest BCUT2D eigenvalue weighted by molar-refractivity contribution is 7.92. The van der Waals surface area contributed by atoms with Crippen molar-refractivity contribution in [1.82, 2.24) is 4.98 Å². The molecule has 1 aliphatic rings. The molecule has 1 amide bonds. The molecule has 2 heterocycles. The first kappa shape index (κ1) is 13.8. The Balaban J connectivity index is 1.67. The topological polar surface area (TPSA) is 101 Å². The zero-order valence-corrected chi connectivity index (χ0v) is 12.6. The second kappa shape index (κ2) is 4.82. The molecule has 0 unspecified atom stereocenters. The zero-order valence-electron chi connectivity index (χ0n) is 11.7. The Morgan fingerprint density at radius 1 is 1.17 bits per heavy atom. The van der Waals surface area contributed by atoms with Gasteiger partial charge in [0, 0.05) is 5.69 Å². The van der Waals surface area contributed by atoms with Gasteiger partial charge in [0.25, 0.3) is 10.0 Å². The van der Waals surface area contributed by atoms with E-state index in [0.29, 0.717) is 28.0 Å². The number of benzene rings is 2. The molecule has 0 saturated carbocycles. The Bertz CT molecular complexity index is 1040. The second-order valence-electron chi connectivity index (χ2n) is 5.18. The van der Waals surface area contributed by atoms with Crippen molar-refractivity contribution in [2.24, 2.45) is 0 Å². The number of nitrogens with one attached hydrogen (secondary N) is 2. The monoisotopic (exact) mass is 329 g/mol. The predicted molar refractivity (Wildman–Crippen MR) is 83.6 cm³/mol. The number of carbonyl (C=O) groups is 1. The van der Waals surface area contributed by atoms with Gasteiger partial charge in [-0.05, 0) is 42.0 Å². The minimum absolute atomic E-state index is 0.105. The fraction of sp³-hybridized carbons (Fsp3) is 0.0667. The minimum atomic E-state index is -3.75. The van der Waals surface area contributed by atoms with Gasteiger partial charge in [0.1, 0.15) is 5.52 Å². The van der Waals surface area contributed by atoms with E-state index < -0.39 is 10.0 Å². The standard InChI is InChI=1S/C15H11N3O4S/c19-15-6-9-5-11(2-3-12(9)17-15)23(20,21)18-10-1-4-14-13(7-10)16-8-22-14/h1-5,7-8,18H,6H2,(H,17,19). The summed E-state index contributed by atoms with van der Waals surface area (Å²) in [4.78, 5) is 15.5. The van der Waals surface area contributed by atoms with Crippen LogP contribution in [0.15, 0.2) is 52.1 Å². The average molecular weight is 329 g/mol. The summed E-state index contributed by atoms with van der Waals surface area (Å²) in [6.07, 6.45) is 1.48. The van der Waals surface area contributed by atoms with E-state index in [1.165, 1.54) is 18.5 Å². The molecule has 1 aliphatic heterocycles. The fourth-order valence-electron chi connectivity index (χ4n) is 2.51. The van der Waals surface area contributed by atoms with Crippen LogP contribution in [0.4, 0.5) is 11.4 Å². The minimum Gasteiger partial charge on any atom is -0.443 e. The van der Waals surface area contributed by atoms with Crippen LogP contribution < -0.4 is 10.0 Å². The summed E-state index contributed by atoms with van der Waals surface area (Å²) in [6, 6.07) is 9.39. The summed E-state index contributed by atoms with van der Waals surface area (Å²) in [5.41, 5.74) is 2.85. The van der Waals surface area contributed by atoms with Gasteiger partial charge in [-0.3, -0.25) is 9.52 Å². The predicted octanol–water partition coefficient (Wildman–Crippen LogP) is 2.12. The normalized spacial score (nSPS) is 13.8. The highest BCUT2D eigenvalue weighted by Gasteiger charge is 2.22. The molecule has 2 aromatic carbocycles. The van der Waals surface area contributed by atoms with Crippen molar-refractivity contribution < 1.29 is 17.6 Å². The van der Waals surface area contributed by atoms with Crippen molar-refractivity contribution in [3.05, 3.63) is 48.4 Å². The molecule has 0 spiro atoms. The summed E-state index contributed by atoms with van der Waals surface area (Å²) in [5.74, 6) is -0.140. The van der Waals surface area contributed by atoms with Gasteiger partial charge in [-0.2, -0.15) is 0 Å². The smallest absolute Gasteiger partial charge is 0.261 e. The molecule has 0 aliphatic carbocycles. The zero-order chi connectivity index (χ0) is 16.0. The van der Waals surface area contributed by atoms with Crippen LogP contribution in [0.25, 0.3) is 11.1 Å². The molecule has 1 aromatic heterocycles. The van der Waals surface area contributed by atoms with Gasteiger partial charge in [0.2, 0.25) is 5.91 Å². The van der Waals surface area contributed by atoms with Crippen LogP contribution in [0.5, 0.6) is 0 Å². The third kappa shape index (κ3) is 2.42. The SMILES string of the molecule is O=C1Cc2cc(S(=O)(=O)Nc3ccc4ocnc4c3)ccc2N1. The third-order valence-corrected chi connectivity index (χ3v) is 4.97. The summed E-state index contributed by atoms with van der Waals surface area (Å²) in [7, 11) is -3.75. The van der Waals surface area contributed by atoms with Crippen LogP contribution in [-0.4, -0.2) is 19.3 Å². The van der Waals surface area contributed by atoms with Gasteiger partial charge < -0.3 is 9.73 Å². The van der Waals surface area contributed by atoms with E-state index in [0.717, 1.165) is 0 Å². The summed E-state index contributed by atoms with van der Waals surface area (Å²) < 4.78 is 32.6. The van der Waals surface area contributed by atoms with Gasteiger partial charge in [-0.15, -0.1) is 0 Å². The van der Waals surface area contributed by atoms with Crippen molar-refractivity contribution in [2.75, 3.05) is 10.0 Å². The third-order valence-electron chi connectivity index (χ3n) is 3.59. The van der Waals surface area contributed by atoms with Gasteiger partial charge in [0.15, 0.2) is 12.0 Å². The lowest BCUT2D eigenvalue weighted by Gasteiger charge is -2.09. The molecule has 0 radical (unpaired) electrons. The van der Waals surface area contributed by atoms with E-state index in [9.17, 15) is 13.2 Å². The molecule has 3 aromatic rings. The highest BCUT2D eigenvalue weighted by Crippen LogP contribution is 2.27. The molecule has 0 saturated heterocycles. The Kier molecular flexibility index (Phi) is 2.88. The van der Waals surface area contributed by atoms with Crippen molar-refractivity contribution in [3.63, 3.8) is 0 Å². The number of oxazole rings is 1. The fourth-order valence-corrected chi connectivity index (χ4v) is 3.61. The first-order valence-corrected chi connectivity index (χ1v) is 8.28. The second-order valence-corrected chi connectivity index (χ2v) is 6.87. The maximum Gasteiger partial charge on any atom is 0.261 e. The summed E-state index contributed by atoms with van der Waals surface area (Å²) in [5, 5.41) is 2.67. The largest absolute Gasteiger partial charge is 0.443 e. The number of anilines is 2. The van der Waals surface area contributed by atoms with Crippen molar-refractivity contribution in [1.29, 1.82) is 0 Å². The molecule has 23 heavy (non-hydrogen) atoms. The molecule has 0 fully saturated rings. The quantitative estimate of drug-likeness (QED) is 0.766. The van der Waals surface area contributed by atoms with E-state index in [-0.39, 0.29) is 17.2 Å². The van der Waals surface area contributed by atoms with Crippen LogP contribution in [-0.2, 0) is 21.2 Å². The van der Waals surface area contributed by atoms with Gasteiger partial charge in [-0.1, -0.05) is 0 Å². The molecule has 7 nitrogen and oxygen atoms in total. The first-order valence-electron chi connectivity index (χ1n) is 6.80. The van der Waals surface area contributed by atoms with Crippen molar-refractivity contribution >= 4 is 38.4 Å². The van der Waals surface area contributed by atoms with Crippen LogP contribution >= 0.6 is 0 Å². The lowest BCUT2D eigenvalue weighted by Crippen LogP contribution is -2.13. The number of fused-ring (bicyclic) bond motifs is 2. The van der Waals surface area contributed by atoms with E-state index in [1.807, 2.05) is 0 Å². The van der Waals surface area contributed by atoms with Crippen molar-refractivity contribution in [2.45, 2.75) is 11.3 Å². The van der Waals surface area contributed by atoms with E-state index in [4.69, 9.17) is 4.42 Å². The van der Waals surface area contributed by atoms with E-state index in [1.54, 1.807) is 24.3 Å². The maximum atomic E-state index is 12.5. The van der Waals surface area contributed by atoms with Gasteiger partial charge in [0.05, 0.1) is 17.0 Å². The number of nitrogens with zero attached hydrogens (tertiary/aromatic N) is 1. The highest BCUT2D eigenvalue weighted by atomic mass is 32.2.